The molecule has 0 spiro atoms. The zero-order chi connectivity index (χ0) is 15.7. The van der Waals surface area contributed by atoms with Crippen molar-refractivity contribution in [2.45, 2.75) is 18.7 Å². The standard InChI is InChI=1S/C16H15N3O2S/c1-11-9-14(10-12(2)18-11)22(20,21)19-15-7-3-5-13-6-4-8-17-16(13)15/h3-10,19H,1-2H3. The van der Waals surface area contributed by atoms with Gasteiger partial charge in [0.1, 0.15) is 0 Å². The smallest absolute Gasteiger partial charge is 0.262 e. The van der Waals surface area contributed by atoms with Crippen LogP contribution in [-0.2, 0) is 10.0 Å². The number of para-hydroxylation sites is 1. The number of aromatic nitrogens is 2. The summed E-state index contributed by atoms with van der Waals surface area (Å²) >= 11 is 0. The zero-order valence-corrected chi connectivity index (χ0v) is 13.1. The first-order valence-corrected chi connectivity index (χ1v) is 8.26. The highest BCUT2D eigenvalue weighted by Crippen LogP contribution is 2.24. The highest BCUT2D eigenvalue weighted by atomic mass is 32.2. The van der Waals surface area contributed by atoms with Gasteiger partial charge in [-0.2, -0.15) is 0 Å². The minimum absolute atomic E-state index is 0.199. The molecule has 0 bridgehead atoms. The zero-order valence-electron chi connectivity index (χ0n) is 12.2. The molecule has 0 saturated heterocycles. The van der Waals surface area contributed by atoms with Crippen molar-refractivity contribution in [3.63, 3.8) is 0 Å². The number of hydrogen-bond acceptors (Lipinski definition) is 4. The van der Waals surface area contributed by atoms with Gasteiger partial charge >= 0.3 is 0 Å². The highest BCUT2D eigenvalue weighted by molar-refractivity contribution is 7.92. The van der Waals surface area contributed by atoms with Crippen LogP contribution in [-0.4, -0.2) is 18.4 Å². The Labute approximate surface area is 129 Å². The van der Waals surface area contributed by atoms with Gasteiger partial charge in [0.25, 0.3) is 10.0 Å². The van der Waals surface area contributed by atoms with E-state index in [-0.39, 0.29) is 4.90 Å². The van der Waals surface area contributed by atoms with E-state index in [1.807, 2.05) is 18.2 Å². The lowest BCUT2D eigenvalue weighted by Crippen LogP contribution is -2.14. The lowest BCUT2D eigenvalue weighted by atomic mass is 10.2. The van der Waals surface area contributed by atoms with Crippen LogP contribution < -0.4 is 4.72 Å². The van der Waals surface area contributed by atoms with Gasteiger partial charge in [-0.15, -0.1) is 0 Å². The Kier molecular flexibility index (Phi) is 3.54. The molecule has 0 aliphatic heterocycles. The molecule has 6 heteroatoms. The van der Waals surface area contributed by atoms with Crippen molar-refractivity contribution in [3.05, 3.63) is 60.0 Å². The fourth-order valence-electron chi connectivity index (χ4n) is 2.34. The molecule has 0 radical (unpaired) electrons. The van der Waals surface area contributed by atoms with Crippen LogP contribution in [0.15, 0.2) is 53.6 Å². The first-order valence-electron chi connectivity index (χ1n) is 6.77. The molecule has 0 amide bonds. The van der Waals surface area contributed by atoms with Crippen LogP contribution in [0.1, 0.15) is 11.4 Å². The van der Waals surface area contributed by atoms with Gasteiger partial charge in [0.15, 0.2) is 0 Å². The quantitative estimate of drug-likeness (QED) is 0.806. The monoisotopic (exact) mass is 313 g/mol. The maximum atomic E-state index is 12.6. The van der Waals surface area contributed by atoms with Crippen molar-refractivity contribution < 1.29 is 8.42 Å². The van der Waals surface area contributed by atoms with Gasteiger partial charge < -0.3 is 0 Å². The SMILES string of the molecule is Cc1cc(S(=O)(=O)Nc2cccc3cccnc23)cc(C)n1. The molecule has 2 aromatic heterocycles. The van der Waals surface area contributed by atoms with Crippen LogP contribution in [0, 0.1) is 13.8 Å². The third-order valence-electron chi connectivity index (χ3n) is 3.24. The molecule has 0 saturated carbocycles. The molecule has 3 aromatic rings. The Hall–Kier alpha value is -2.47. The van der Waals surface area contributed by atoms with Crippen molar-refractivity contribution in [1.82, 2.24) is 9.97 Å². The second kappa shape index (κ2) is 5.38. The molecule has 0 atom stereocenters. The molecule has 1 N–H and O–H groups in total. The van der Waals surface area contributed by atoms with E-state index < -0.39 is 10.0 Å². The number of anilines is 1. The Morgan fingerprint density at radius 2 is 1.68 bits per heavy atom. The summed E-state index contributed by atoms with van der Waals surface area (Å²) in [5.41, 5.74) is 2.41. The minimum Gasteiger partial charge on any atom is -0.277 e. The molecule has 22 heavy (non-hydrogen) atoms. The van der Waals surface area contributed by atoms with Crippen molar-refractivity contribution in [1.29, 1.82) is 0 Å². The van der Waals surface area contributed by atoms with E-state index in [0.717, 1.165) is 5.39 Å². The lowest BCUT2D eigenvalue weighted by Gasteiger charge is -2.11. The van der Waals surface area contributed by atoms with Crippen LogP contribution in [0.5, 0.6) is 0 Å². The fraction of sp³-hybridized carbons (Fsp3) is 0.125. The Bertz CT molecular complexity index is 927. The van der Waals surface area contributed by atoms with Crippen LogP contribution in [0.25, 0.3) is 10.9 Å². The number of nitrogens with one attached hydrogen (secondary N) is 1. The Morgan fingerprint density at radius 3 is 2.41 bits per heavy atom. The summed E-state index contributed by atoms with van der Waals surface area (Å²) in [4.78, 5) is 8.65. The summed E-state index contributed by atoms with van der Waals surface area (Å²) in [5, 5.41) is 0.879. The molecule has 0 aliphatic rings. The van der Waals surface area contributed by atoms with Gasteiger partial charge in [0.2, 0.25) is 0 Å². The van der Waals surface area contributed by atoms with Crippen LogP contribution in [0.3, 0.4) is 0 Å². The Balaban J connectivity index is 2.07. The number of nitrogens with zero attached hydrogens (tertiary/aromatic N) is 2. The van der Waals surface area contributed by atoms with E-state index in [9.17, 15) is 8.42 Å². The summed E-state index contributed by atoms with van der Waals surface area (Å²) in [6.45, 7) is 3.54. The second-order valence-electron chi connectivity index (χ2n) is 5.07. The van der Waals surface area contributed by atoms with Crippen molar-refractivity contribution in [2.24, 2.45) is 0 Å². The molecular formula is C16H15N3O2S. The summed E-state index contributed by atoms with van der Waals surface area (Å²) in [6, 6.07) is 12.2. The van der Waals surface area contributed by atoms with Gasteiger partial charge in [-0.3, -0.25) is 14.7 Å². The molecule has 0 fully saturated rings. The van der Waals surface area contributed by atoms with E-state index in [1.54, 1.807) is 44.3 Å². The maximum absolute atomic E-state index is 12.6. The molecule has 0 unspecified atom stereocenters. The predicted octanol–water partition coefficient (Wildman–Crippen LogP) is 3.05. The van der Waals surface area contributed by atoms with Crippen molar-refractivity contribution in [2.75, 3.05) is 4.72 Å². The van der Waals surface area contributed by atoms with Gasteiger partial charge in [-0.05, 0) is 38.1 Å². The van der Waals surface area contributed by atoms with E-state index in [1.165, 1.54) is 0 Å². The van der Waals surface area contributed by atoms with E-state index in [0.29, 0.717) is 22.6 Å². The number of benzene rings is 1. The highest BCUT2D eigenvalue weighted by Gasteiger charge is 2.17. The van der Waals surface area contributed by atoms with Gasteiger partial charge in [-0.25, -0.2) is 8.42 Å². The average molecular weight is 313 g/mol. The number of rotatable bonds is 3. The first-order chi connectivity index (χ1) is 10.5. The van der Waals surface area contributed by atoms with Crippen LogP contribution >= 0.6 is 0 Å². The Morgan fingerprint density at radius 1 is 1.00 bits per heavy atom. The molecular weight excluding hydrogens is 298 g/mol. The summed E-state index contributed by atoms with van der Waals surface area (Å²) in [7, 11) is -3.68. The molecule has 0 aliphatic carbocycles. The van der Waals surface area contributed by atoms with E-state index >= 15 is 0 Å². The fourth-order valence-corrected chi connectivity index (χ4v) is 3.57. The van der Waals surface area contributed by atoms with Gasteiger partial charge in [0, 0.05) is 23.0 Å². The topological polar surface area (TPSA) is 72.0 Å². The third kappa shape index (κ3) is 2.78. The number of pyridine rings is 2. The normalized spacial score (nSPS) is 11.5. The minimum atomic E-state index is -3.68. The second-order valence-corrected chi connectivity index (χ2v) is 6.75. The summed E-state index contributed by atoms with van der Waals surface area (Å²) in [6.07, 6.45) is 1.64. The van der Waals surface area contributed by atoms with E-state index in [2.05, 4.69) is 14.7 Å². The van der Waals surface area contributed by atoms with Gasteiger partial charge in [0.05, 0.1) is 16.1 Å². The first kappa shape index (κ1) is 14.5. The summed E-state index contributed by atoms with van der Waals surface area (Å²) < 4.78 is 27.8. The molecule has 3 rings (SSSR count). The molecule has 5 nitrogen and oxygen atoms in total. The third-order valence-corrected chi connectivity index (χ3v) is 4.59. The number of hydrogen-bond donors (Lipinski definition) is 1. The lowest BCUT2D eigenvalue weighted by molar-refractivity contribution is 0.601. The largest absolute Gasteiger partial charge is 0.277 e. The molecule has 2 heterocycles. The molecule has 112 valence electrons. The van der Waals surface area contributed by atoms with Crippen LogP contribution in [0.2, 0.25) is 0 Å². The average Bonchev–Trinajstić information content (AvgIpc) is 2.46. The molecule has 1 aromatic carbocycles. The number of sulfonamides is 1. The van der Waals surface area contributed by atoms with Crippen LogP contribution in [0.4, 0.5) is 5.69 Å². The predicted molar refractivity (Wildman–Crippen MR) is 86.3 cm³/mol. The summed E-state index contributed by atoms with van der Waals surface area (Å²) in [5.74, 6) is 0. The van der Waals surface area contributed by atoms with E-state index in [4.69, 9.17) is 0 Å². The number of fused-ring (bicyclic) bond motifs is 1. The number of aryl methyl sites for hydroxylation is 2. The van der Waals surface area contributed by atoms with Gasteiger partial charge in [-0.1, -0.05) is 18.2 Å². The van der Waals surface area contributed by atoms with Crippen molar-refractivity contribution in [3.8, 4) is 0 Å². The maximum Gasteiger partial charge on any atom is 0.262 e. The van der Waals surface area contributed by atoms with Crippen molar-refractivity contribution >= 4 is 26.6 Å².